The molecule has 0 saturated carbocycles. The monoisotopic (exact) mass is 264 g/mol. The molecule has 0 aromatic heterocycles. The molecule has 17 heavy (non-hydrogen) atoms. The molecule has 0 amide bonds. The van der Waals surface area contributed by atoms with Crippen LogP contribution in [-0.4, -0.2) is 54.4 Å². The van der Waals surface area contributed by atoms with Crippen molar-refractivity contribution in [3.05, 3.63) is 0 Å². The van der Waals surface area contributed by atoms with Crippen LogP contribution in [0.5, 0.6) is 0 Å². The standard InChI is InChI=1S/C11H24N2O3S/c1-3-7-12(8-4-2)17(15,16)13-9-5-6-11(13)10-14/h11,14H,3-10H2,1-2H3/t11-/m1/s1. The zero-order valence-electron chi connectivity index (χ0n) is 10.8. The lowest BCUT2D eigenvalue weighted by Gasteiger charge is -2.29. The highest BCUT2D eigenvalue weighted by Gasteiger charge is 2.36. The molecule has 1 aliphatic heterocycles. The van der Waals surface area contributed by atoms with Crippen molar-refractivity contribution >= 4 is 10.2 Å². The molecule has 1 fully saturated rings. The van der Waals surface area contributed by atoms with E-state index in [1.54, 1.807) is 4.31 Å². The lowest BCUT2D eigenvalue weighted by Crippen LogP contribution is -2.47. The van der Waals surface area contributed by atoms with Gasteiger partial charge in [-0.25, -0.2) is 0 Å². The third-order valence-electron chi connectivity index (χ3n) is 3.10. The summed E-state index contributed by atoms with van der Waals surface area (Å²) in [5, 5.41) is 9.22. The minimum atomic E-state index is -3.38. The van der Waals surface area contributed by atoms with Crippen LogP contribution in [0, 0.1) is 0 Å². The predicted octanol–water partition coefficient (Wildman–Crippen LogP) is 0.810. The number of aliphatic hydroxyl groups excluding tert-OH is 1. The number of nitrogens with zero attached hydrogens (tertiary/aromatic N) is 2. The van der Waals surface area contributed by atoms with Crippen molar-refractivity contribution in [2.75, 3.05) is 26.2 Å². The second-order valence-electron chi connectivity index (χ2n) is 4.50. The van der Waals surface area contributed by atoms with Crippen molar-refractivity contribution in [1.29, 1.82) is 0 Å². The molecule has 0 aliphatic carbocycles. The Kier molecular flexibility index (Phi) is 5.85. The van der Waals surface area contributed by atoms with E-state index in [-0.39, 0.29) is 12.6 Å². The van der Waals surface area contributed by atoms with Crippen LogP contribution in [0.15, 0.2) is 0 Å². The van der Waals surface area contributed by atoms with Crippen molar-refractivity contribution in [3.8, 4) is 0 Å². The van der Waals surface area contributed by atoms with E-state index in [9.17, 15) is 13.5 Å². The van der Waals surface area contributed by atoms with Crippen molar-refractivity contribution in [3.63, 3.8) is 0 Å². The molecule has 0 bridgehead atoms. The van der Waals surface area contributed by atoms with Gasteiger partial charge in [-0.1, -0.05) is 13.8 Å². The topological polar surface area (TPSA) is 60.9 Å². The van der Waals surface area contributed by atoms with Crippen LogP contribution in [0.1, 0.15) is 39.5 Å². The molecule has 0 unspecified atom stereocenters. The summed E-state index contributed by atoms with van der Waals surface area (Å²) in [6.07, 6.45) is 3.24. The number of hydrogen-bond acceptors (Lipinski definition) is 3. The maximum absolute atomic E-state index is 12.4. The van der Waals surface area contributed by atoms with Crippen LogP contribution in [0.3, 0.4) is 0 Å². The minimum Gasteiger partial charge on any atom is -0.395 e. The van der Waals surface area contributed by atoms with Gasteiger partial charge in [0.05, 0.1) is 6.61 Å². The SMILES string of the molecule is CCCN(CCC)S(=O)(=O)N1CCC[C@@H]1CO. The summed E-state index contributed by atoms with van der Waals surface area (Å²) in [5.74, 6) is 0. The summed E-state index contributed by atoms with van der Waals surface area (Å²) < 4.78 is 27.9. The van der Waals surface area contributed by atoms with Gasteiger partial charge >= 0.3 is 0 Å². The smallest absolute Gasteiger partial charge is 0.282 e. The lowest BCUT2D eigenvalue weighted by molar-refractivity contribution is 0.205. The van der Waals surface area contributed by atoms with Crippen molar-refractivity contribution < 1.29 is 13.5 Å². The van der Waals surface area contributed by atoms with E-state index in [2.05, 4.69) is 0 Å². The molecular formula is C11H24N2O3S. The Morgan fingerprint density at radius 2 is 1.88 bits per heavy atom. The largest absolute Gasteiger partial charge is 0.395 e. The third kappa shape index (κ3) is 3.40. The van der Waals surface area contributed by atoms with Gasteiger partial charge in [0.15, 0.2) is 0 Å². The van der Waals surface area contributed by atoms with Gasteiger partial charge in [0.2, 0.25) is 0 Å². The molecule has 1 saturated heterocycles. The fraction of sp³-hybridized carbons (Fsp3) is 1.00. The van der Waals surface area contributed by atoms with E-state index in [1.165, 1.54) is 4.31 Å². The molecule has 1 atom stereocenters. The van der Waals surface area contributed by atoms with Gasteiger partial charge in [-0.2, -0.15) is 17.0 Å². The Morgan fingerprint density at radius 3 is 2.35 bits per heavy atom. The van der Waals surface area contributed by atoms with Crippen molar-refractivity contribution in [2.45, 2.75) is 45.6 Å². The van der Waals surface area contributed by atoms with Crippen molar-refractivity contribution in [1.82, 2.24) is 8.61 Å². The van der Waals surface area contributed by atoms with Crippen LogP contribution < -0.4 is 0 Å². The Hall–Kier alpha value is -0.170. The zero-order chi connectivity index (χ0) is 12.9. The molecule has 1 aliphatic rings. The van der Waals surface area contributed by atoms with Crippen LogP contribution >= 0.6 is 0 Å². The molecule has 0 radical (unpaired) electrons. The third-order valence-corrected chi connectivity index (χ3v) is 5.19. The van der Waals surface area contributed by atoms with E-state index in [0.29, 0.717) is 19.6 Å². The quantitative estimate of drug-likeness (QED) is 0.740. The highest BCUT2D eigenvalue weighted by Crippen LogP contribution is 2.23. The first-order chi connectivity index (χ1) is 8.07. The van der Waals surface area contributed by atoms with E-state index in [1.807, 2.05) is 13.8 Å². The molecule has 0 aromatic carbocycles. The summed E-state index contributed by atoms with van der Waals surface area (Å²) in [6, 6.07) is -0.226. The van der Waals surface area contributed by atoms with E-state index in [0.717, 1.165) is 25.7 Å². The molecule has 0 aromatic rings. The van der Waals surface area contributed by atoms with Gasteiger partial charge in [0.25, 0.3) is 10.2 Å². The summed E-state index contributed by atoms with van der Waals surface area (Å²) in [4.78, 5) is 0. The van der Waals surface area contributed by atoms with Gasteiger partial charge in [-0.05, 0) is 25.7 Å². The second-order valence-corrected chi connectivity index (χ2v) is 6.38. The van der Waals surface area contributed by atoms with E-state index >= 15 is 0 Å². The maximum Gasteiger partial charge on any atom is 0.282 e. The van der Waals surface area contributed by atoms with Gasteiger partial charge in [0.1, 0.15) is 0 Å². The molecule has 1 rings (SSSR count). The number of hydrogen-bond donors (Lipinski definition) is 1. The second kappa shape index (κ2) is 6.68. The Balaban J connectivity index is 2.82. The molecular weight excluding hydrogens is 240 g/mol. The Labute approximate surface area is 105 Å². The molecule has 1 N–H and O–H groups in total. The number of aliphatic hydroxyl groups is 1. The predicted molar refractivity (Wildman–Crippen MR) is 67.9 cm³/mol. The Bertz CT molecular complexity index is 313. The first kappa shape index (κ1) is 14.9. The average molecular weight is 264 g/mol. The fourth-order valence-corrected chi connectivity index (χ4v) is 4.32. The van der Waals surface area contributed by atoms with E-state index < -0.39 is 10.2 Å². The van der Waals surface area contributed by atoms with Gasteiger partial charge < -0.3 is 5.11 Å². The highest BCUT2D eigenvalue weighted by molar-refractivity contribution is 7.86. The van der Waals surface area contributed by atoms with Gasteiger partial charge in [0, 0.05) is 25.7 Å². The lowest BCUT2D eigenvalue weighted by atomic mass is 10.2. The summed E-state index contributed by atoms with van der Waals surface area (Å²) in [6.45, 7) is 5.54. The molecule has 6 heteroatoms. The molecule has 0 spiro atoms. The average Bonchev–Trinajstić information content (AvgIpc) is 2.77. The summed E-state index contributed by atoms with van der Waals surface area (Å²) in [7, 11) is -3.38. The highest BCUT2D eigenvalue weighted by atomic mass is 32.2. The van der Waals surface area contributed by atoms with Crippen LogP contribution in [0.4, 0.5) is 0 Å². The zero-order valence-corrected chi connectivity index (χ0v) is 11.6. The van der Waals surface area contributed by atoms with Crippen LogP contribution in [0.25, 0.3) is 0 Å². The van der Waals surface area contributed by atoms with Gasteiger partial charge in [-0.3, -0.25) is 0 Å². The Morgan fingerprint density at radius 1 is 1.29 bits per heavy atom. The summed E-state index contributed by atoms with van der Waals surface area (Å²) in [5.41, 5.74) is 0. The maximum atomic E-state index is 12.4. The molecule has 102 valence electrons. The van der Waals surface area contributed by atoms with Crippen LogP contribution in [-0.2, 0) is 10.2 Å². The molecule has 1 heterocycles. The molecule has 5 nitrogen and oxygen atoms in total. The first-order valence-corrected chi connectivity index (χ1v) is 7.85. The normalized spacial score (nSPS) is 22.5. The first-order valence-electron chi connectivity index (χ1n) is 6.45. The van der Waals surface area contributed by atoms with Crippen LogP contribution in [0.2, 0.25) is 0 Å². The van der Waals surface area contributed by atoms with Gasteiger partial charge in [-0.15, -0.1) is 0 Å². The van der Waals surface area contributed by atoms with Crippen molar-refractivity contribution in [2.24, 2.45) is 0 Å². The summed E-state index contributed by atoms with van der Waals surface area (Å²) >= 11 is 0. The minimum absolute atomic E-state index is 0.0781. The van der Waals surface area contributed by atoms with E-state index in [4.69, 9.17) is 0 Å². The number of rotatable bonds is 7. The fourth-order valence-electron chi connectivity index (χ4n) is 2.29.